The van der Waals surface area contributed by atoms with E-state index in [1.54, 1.807) is 0 Å². The number of carboxylic acid groups (broad SMARTS) is 1. The van der Waals surface area contributed by atoms with E-state index in [9.17, 15) is 19.5 Å². The number of fused-ring (bicyclic) bond motifs is 3. The quantitative estimate of drug-likeness (QED) is 0.509. The number of carbonyl (C=O) groups excluding carboxylic acids is 2. The highest BCUT2D eigenvalue weighted by Gasteiger charge is 2.38. The summed E-state index contributed by atoms with van der Waals surface area (Å²) in [6.07, 6.45) is 3.09. The molecule has 8 heteroatoms. The summed E-state index contributed by atoms with van der Waals surface area (Å²) >= 11 is 0. The summed E-state index contributed by atoms with van der Waals surface area (Å²) in [6.45, 7) is 0.379. The number of alkyl carbamates (subject to hydrolysis) is 1. The average Bonchev–Trinajstić information content (AvgIpc) is 3.51. The van der Waals surface area contributed by atoms with Crippen LogP contribution in [0.4, 0.5) is 4.79 Å². The second-order valence-corrected chi connectivity index (χ2v) is 9.58. The highest BCUT2D eigenvalue weighted by atomic mass is 16.5. The van der Waals surface area contributed by atoms with Crippen LogP contribution in [0, 0.1) is 5.92 Å². The van der Waals surface area contributed by atoms with E-state index in [1.807, 2.05) is 48.5 Å². The van der Waals surface area contributed by atoms with Crippen molar-refractivity contribution in [3.63, 3.8) is 0 Å². The summed E-state index contributed by atoms with van der Waals surface area (Å²) in [5.74, 6) is -1.22. The maximum atomic E-state index is 12.7. The summed E-state index contributed by atoms with van der Waals surface area (Å²) in [4.78, 5) is 36.6. The molecule has 184 valence electrons. The highest BCUT2D eigenvalue weighted by molar-refractivity contribution is 5.89. The van der Waals surface area contributed by atoms with Crippen molar-refractivity contribution in [1.82, 2.24) is 10.6 Å². The molecule has 2 aromatic carbocycles. The number of benzene rings is 2. The van der Waals surface area contributed by atoms with Gasteiger partial charge in [0.1, 0.15) is 12.6 Å². The molecule has 1 aliphatic heterocycles. The number of rotatable bonds is 9. The van der Waals surface area contributed by atoms with Gasteiger partial charge in [-0.05, 0) is 53.9 Å². The molecule has 0 bridgehead atoms. The van der Waals surface area contributed by atoms with Gasteiger partial charge in [-0.3, -0.25) is 9.59 Å². The molecule has 1 heterocycles. The Kier molecular flexibility index (Phi) is 6.72. The first-order chi connectivity index (χ1) is 17.0. The smallest absolute Gasteiger partial charge is 0.407 e. The molecule has 2 aromatic rings. The number of carbonyl (C=O) groups is 3. The minimum Gasteiger partial charge on any atom is -0.481 e. The lowest BCUT2D eigenvalue weighted by atomic mass is 9.98. The normalized spacial score (nSPS) is 21.6. The monoisotopic (exact) mass is 478 g/mol. The fourth-order valence-corrected chi connectivity index (χ4v) is 5.20. The van der Waals surface area contributed by atoms with Crippen LogP contribution in [0.5, 0.6) is 0 Å². The van der Waals surface area contributed by atoms with Gasteiger partial charge in [0.15, 0.2) is 0 Å². The first-order valence-corrected chi connectivity index (χ1v) is 12.3. The molecule has 3 N–H and O–H groups in total. The molecule has 3 atom stereocenters. The van der Waals surface area contributed by atoms with Gasteiger partial charge in [-0.1, -0.05) is 48.5 Å². The number of hydrogen-bond donors (Lipinski definition) is 3. The molecule has 0 spiro atoms. The predicted octanol–water partition coefficient (Wildman–Crippen LogP) is 3.44. The predicted molar refractivity (Wildman–Crippen MR) is 128 cm³/mol. The second kappa shape index (κ2) is 10.1. The Morgan fingerprint density at radius 2 is 1.63 bits per heavy atom. The minimum absolute atomic E-state index is 0.0792. The molecule has 2 aliphatic carbocycles. The van der Waals surface area contributed by atoms with E-state index in [1.165, 1.54) is 12.8 Å². The van der Waals surface area contributed by atoms with Crippen molar-refractivity contribution in [2.24, 2.45) is 5.92 Å². The van der Waals surface area contributed by atoms with Crippen LogP contribution >= 0.6 is 0 Å². The van der Waals surface area contributed by atoms with E-state index in [-0.39, 0.29) is 24.7 Å². The number of amides is 2. The molecule has 8 nitrogen and oxygen atoms in total. The van der Waals surface area contributed by atoms with Gasteiger partial charge in [-0.25, -0.2) is 4.79 Å². The molecular weight excluding hydrogens is 448 g/mol. The Morgan fingerprint density at radius 3 is 2.26 bits per heavy atom. The molecule has 1 saturated heterocycles. The topological polar surface area (TPSA) is 114 Å². The fourth-order valence-electron chi connectivity index (χ4n) is 5.20. The maximum absolute atomic E-state index is 12.7. The van der Waals surface area contributed by atoms with E-state index in [2.05, 4.69) is 10.6 Å². The maximum Gasteiger partial charge on any atom is 0.407 e. The zero-order valence-corrected chi connectivity index (χ0v) is 19.4. The summed E-state index contributed by atoms with van der Waals surface area (Å²) in [6, 6.07) is 14.7. The number of nitrogens with one attached hydrogen (secondary N) is 2. The van der Waals surface area contributed by atoms with Crippen molar-refractivity contribution in [3.05, 3.63) is 59.7 Å². The van der Waals surface area contributed by atoms with Gasteiger partial charge in [0.05, 0.1) is 18.6 Å². The molecule has 1 saturated carbocycles. The van der Waals surface area contributed by atoms with Gasteiger partial charge >= 0.3 is 12.1 Å². The molecule has 3 aliphatic rings. The third-order valence-electron chi connectivity index (χ3n) is 7.12. The van der Waals surface area contributed by atoms with Gasteiger partial charge in [-0.2, -0.15) is 0 Å². The van der Waals surface area contributed by atoms with E-state index in [4.69, 9.17) is 9.47 Å². The van der Waals surface area contributed by atoms with Gasteiger partial charge in [0, 0.05) is 12.5 Å². The Bertz CT molecular complexity index is 1070. The van der Waals surface area contributed by atoms with Gasteiger partial charge < -0.3 is 25.2 Å². The van der Waals surface area contributed by atoms with Crippen LogP contribution in [-0.4, -0.2) is 54.5 Å². The van der Waals surface area contributed by atoms with Crippen LogP contribution < -0.4 is 10.6 Å². The number of carboxylic acids is 1. The molecule has 1 unspecified atom stereocenters. The lowest BCUT2D eigenvalue weighted by molar-refractivity contribution is -0.139. The molecule has 0 radical (unpaired) electrons. The van der Waals surface area contributed by atoms with Crippen molar-refractivity contribution >= 4 is 18.0 Å². The summed E-state index contributed by atoms with van der Waals surface area (Å²) in [5, 5.41) is 14.4. The SMILES string of the molecule is O=C(O)CC(NC(=O)OCC1c2ccccc2-c2ccccc21)C(=O)NC[C@@H]1CC[C@H](C2CC2)O1. The lowest BCUT2D eigenvalue weighted by Gasteiger charge is -2.20. The Morgan fingerprint density at radius 1 is 0.971 bits per heavy atom. The van der Waals surface area contributed by atoms with Crippen LogP contribution in [0.15, 0.2) is 48.5 Å². The van der Waals surface area contributed by atoms with Crippen molar-refractivity contribution in [3.8, 4) is 11.1 Å². The highest BCUT2D eigenvalue weighted by Crippen LogP contribution is 2.44. The van der Waals surface area contributed by atoms with Crippen molar-refractivity contribution in [2.45, 2.75) is 56.3 Å². The molecule has 35 heavy (non-hydrogen) atoms. The van der Waals surface area contributed by atoms with Crippen LogP contribution in [0.1, 0.15) is 49.1 Å². The Hall–Kier alpha value is -3.39. The van der Waals surface area contributed by atoms with Gasteiger partial charge in [-0.15, -0.1) is 0 Å². The van der Waals surface area contributed by atoms with E-state index >= 15 is 0 Å². The summed E-state index contributed by atoms with van der Waals surface area (Å²) in [5.41, 5.74) is 4.36. The third kappa shape index (κ3) is 5.32. The van der Waals surface area contributed by atoms with Crippen LogP contribution in [0.2, 0.25) is 0 Å². The first-order valence-electron chi connectivity index (χ1n) is 12.3. The first kappa shape index (κ1) is 23.4. The molecule has 2 amide bonds. The zero-order valence-electron chi connectivity index (χ0n) is 19.4. The largest absolute Gasteiger partial charge is 0.481 e. The summed E-state index contributed by atoms with van der Waals surface area (Å²) < 4.78 is 11.5. The Labute approximate surface area is 204 Å². The van der Waals surface area contributed by atoms with Crippen molar-refractivity contribution < 1.29 is 29.0 Å². The molecular formula is C27H30N2O6. The minimum atomic E-state index is -1.23. The van der Waals surface area contributed by atoms with Crippen molar-refractivity contribution in [2.75, 3.05) is 13.2 Å². The summed E-state index contributed by atoms with van der Waals surface area (Å²) in [7, 11) is 0. The second-order valence-electron chi connectivity index (χ2n) is 9.58. The Balaban J connectivity index is 1.16. The zero-order chi connectivity index (χ0) is 24.4. The fraction of sp³-hybridized carbons (Fsp3) is 0.444. The molecule has 0 aromatic heterocycles. The molecule has 2 fully saturated rings. The van der Waals surface area contributed by atoms with Crippen molar-refractivity contribution in [1.29, 1.82) is 0 Å². The van der Waals surface area contributed by atoms with Crippen LogP contribution in [-0.2, 0) is 19.1 Å². The van der Waals surface area contributed by atoms with Gasteiger partial charge in [0.25, 0.3) is 0 Å². The third-order valence-corrected chi connectivity index (χ3v) is 7.12. The number of aliphatic carboxylic acids is 1. The van der Waals surface area contributed by atoms with E-state index < -0.39 is 30.4 Å². The van der Waals surface area contributed by atoms with E-state index in [0.29, 0.717) is 12.5 Å². The lowest BCUT2D eigenvalue weighted by Crippen LogP contribution is -2.49. The van der Waals surface area contributed by atoms with E-state index in [0.717, 1.165) is 35.1 Å². The van der Waals surface area contributed by atoms with Gasteiger partial charge in [0.2, 0.25) is 5.91 Å². The van der Waals surface area contributed by atoms with Crippen LogP contribution in [0.25, 0.3) is 11.1 Å². The number of ether oxygens (including phenoxy) is 2. The number of hydrogen-bond acceptors (Lipinski definition) is 5. The standard InChI is InChI=1S/C27H30N2O6/c30-25(31)13-23(26(32)28-14-17-11-12-24(35-17)16-9-10-16)29-27(33)34-15-22-20-7-3-1-5-18(20)19-6-2-4-8-21(19)22/h1-8,16-17,22-24H,9-15H2,(H,28,32)(H,29,33)(H,30,31)/t17-,23?,24+/m0/s1. The van der Waals surface area contributed by atoms with Crippen LogP contribution in [0.3, 0.4) is 0 Å². The molecule has 5 rings (SSSR count). The average molecular weight is 479 g/mol.